The molecule has 3 N–H and O–H groups in total. The zero-order valence-corrected chi connectivity index (χ0v) is 9.97. The molecule has 5 nitrogen and oxygen atoms in total. The van der Waals surface area contributed by atoms with Crippen LogP contribution in [0.3, 0.4) is 0 Å². The number of carbonyl (C=O) groups is 1. The van der Waals surface area contributed by atoms with Crippen molar-refractivity contribution in [3.8, 4) is 0 Å². The molecule has 1 aliphatic heterocycles. The Hall–Kier alpha value is -0.980. The summed E-state index contributed by atoms with van der Waals surface area (Å²) in [5, 5.41) is 5.38. The van der Waals surface area contributed by atoms with Gasteiger partial charge in [0, 0.05) is 23.9 Å². The van der Waals surface area contributed by atoms with Crippen LogP contribution in [0.4, 0.5) is 0 Å². The maximum absolute atomic E-state index is 11.7. The smallest absolute Gasteiger partial charge is 0.270 e. The summed E-state index contributed by atoms with van der Waals surface area (Å²) in [4.78, 5) is 15.8. The lowest BCUT2D eigenvalue weighted by Gasteiger charge is -2.37. The summed E-state index contributed by atoms with van der Waals surface area (Å²) in [7, 11) is 0. The second-order valence-corrected chi connectivity index (χ2v) is 5.26. The fourth-order valence-electron chi connectivity index (χ4n) is 1.45. The lowest BCUT2D eigenvalue weighted by Crippen LogP contribution is -2.48. The van der Waals surface area contributed by atoms with Crippen molar-refractivity contribution in [2.24, 2.45) is 11.1 Å². The molecule has 1 aromatic heterocycles. The standard InChI is InChI=1S/C10H15N3O2S/c1-10(5-15-6-10)4-12-9(14)7-3-16-8(2-11)13-7/h3H,2,4-6,11H2,1H3,(H,12,14). The molecular weight excluding hydrogens is 226 g/mol. The molecule has 0 radical (unpaired) electrons. The third-order valence-corrected chi connectivity index (χ3v) is 3.41. The second-order valence-electron chi connectivity index (χ2n) is 4.32. The highest BCUT2D eigenvalue weighted by atomic mass is 32.1. The van der Waals surface area contributed by atoms with Gasteiger partial charge in [-0.25, -0.2) is 4.98 Å². The van der Waals surface area contributed by atoms with Gasteiger partial charge in [0.15, 0.2) is 0 Å². The number of hydrogen-bond donors (Lipinski definition) is 2. The fraction of sp³-hybridized carbons (Fsp3) is 0.600. The SMILES string of the molecule is CC1(CNC(=O)c2csc(CN)n2)COC1. The summed E-state index contributed by atoms with van der Waals surface area (Å²) in [6.45, 7) is 4.50. The van der Waals surface area contributed by atoms with Crippen LogP contribution in [-0.2, 0) is 11.3 Å². The minimum absolute atomic E-state index is 0.0857. The van der Waals surface area contributed by atoms with Gasteiger partial charge < -0.3 is 15.8 Å². The van der Waals surface area contributed by atoms with Crippen LogP contribution < -0.4 is 11.1 Å². The van der Waals surface area contributed by atoms with E-state index in [0.29, 0.717) is 32.0 Å². The van der Waals surface area contributed by atoms with Crippen molar-refractivity contribution in [3.63, 3.8) is 0 Å². The molecule has 0 unspecified atom stereocenters. The summed E-state index contributed by atoms with van der Waals surface area (Å²) < 4.78 is 5.12. The quantitative estimate of drug-likeness (QED) is 0.798. The minimum Gasteiger partial charge on any atom is -0.380 e. The highest BCUT2D eigenvalue weighted by Crippen LogP contribution is 2.25. The molecule has 1 amide bonds. The van der Waals surface area contributed by atoms with Gasteiger partial charge in [0.1, 0.15) is 10.7 Å². The molecule has 1 aromatic rings. The minimum atomic E-state index is -0.135. The molecule has 16 heavy (non-hydrogen) atoms. The first-order valence-corrected chi connectivity index (χ1v) is 6.01. The molecule has 88 valence electrons. The van der Waals surface area contributed by atoms with E-state index in [4.69, 9.17) is 10.5 Å². The van der Waals surface area contributed by atoms with Gasteiger partial charge in [-0.15, -0.1) is 11.3 Å². The van der Waals surface area contributed by atoms with Gasteiger partial charge >= 0.3 is 0 Å². The Kier molecular flexibility index (Phi) is 3.22. The summed E-state index contributed by atoms with van der Waals surface area (Å²) in [5.74, 6) is -0.135. The van der Waals surface area contributed by atoms with Crippen LogP contribution >= 0.6 is 11.3 Å². The number of hydrogen-bond acceptors (Lipinski definition) is 5. The van der Waals surface area contributed by atoms with E-state index in [1.165, 1.54) is 11.3 Å². The first kappa shape index (κ1) is 11.5. The molecule has 1 saturated heterocycles. The Labute approximate surface area is 98.0 Å². The number of nitrogens with two attached hydrogens (primary N) is 1. The third-order valence-electron chi connectivity index (χ3n) is 2.54. The summed E-state index contributed by atoms with van der Waals surface area (Å²) in [5.41, 5.74) is 5.98. The van der Waals surface area contributed by atoms with Crippen molar-refractivity contribution in [2.75, 3.05) is 19.8 Å². The predicted molar refractivity (Wildman–Crippen MR) is 61.3 cm³/mol. The Balaban J connectivity index is 1.87. The molecule has 0 saturated carbocycles. The zero-order valence-electron chi connectivity index (χ0n) is 9.16. The molecule has 1 aliphatic rings. The second kappa shape index (κ2) is 4.48. The van der Waals surface area contributed by atoms with Crippen LogP contribution in [0.25, 0.3) is 0 Å². The number of nitrogens with zero attached hydrogens (tertiary/aromatic N) is 1. The number of thiazole rings is 1. The molecule has 1 fully saturated rings. The number of rotatable bonds is 4. The Morgan fingerprint density at radius 3 is 3.00 bits per heavy atom. The van der Waals surface area contributed by atoms with Gasteiger partial charge in [-0.05, 0) is 0 Å². The number of ether oxygens (including phenoxy) is 1. The molecule has 0 aliphatic carbocycles. The van der Waals surface area contributed by atoms with Crippen molar-refractivity contribution >= 4 is 17.2 Å². The van der Waals surface area contributed by atoms with Crippen molar-refractivity contribution in [1.29, 1.82) is 0 Å². The van der Waals surface area contributed by atoms with Crippen LogP contribution in [0.1, 0.15) is 22.4 Å². The maximum atomic E-state index is 11.7. The molecule has 2 heterocycles. The van der Waals surface area contributed by atoms with E-state index in [9.17, 15) is 4.79 Å². The van der Waals surface area contributed by atoms with Crippen LogP contribution in [0.15, 0.2) is 5.38 Å². The van der Waals surface area contributed by atoms with E-state index in [2.05, 4.69) is 17.2 Å². The van der Waals surface area contributed by atoms with E-state index < -0.39 is 0 Å². The first-order chi connectivity index (χ1) is 7.63. The van der Waals surface area contributed by atoms with Gasteiger partial charge in [0.2, 0.25) is 0 Å². The highest BCUT2D eigenvalue weighted by Gasteiger charge is 2.33. The number of nitrogens with one attached hydrogen (secondary N) is 1. The third kappa shape index (κ3) is 2.40. The average molecular weight is 241 g/mol. The number of amides is 1. The van der Waals surface area contributed by atoms with E-state index in [-0.39, 0.29) is 11.3 Å². The first-order valence-electron chi connectivity index (χ1n) is 5.13. The topological polar surface area (TPSA) is 77.2 Å². The van der Waals surface area contributed by atoms with Crippen LogP contribution in [0.5, 0.6) is 0 Å². The maximum Gasteiger partial charge on any atom is 0.270 e. The molecule has 0 spiro atoms. The Bertz CT molecular complexity index is 387. The van der Waals surface area contributed by atoms with E-state index in [1.54, 1.807) is 5.38 Å². The number of aromatic nitrogens is 1. The lowest BCUT2D eigenvalue weighted by atomic mass is 9.89. The highest BCUT2D eigenvalue weighted by molar-refractivity contribution is 7.09. The van der Waals surface area contributed by atoms with E-state index in [0.717, 1.165) is 5.01 Å². The van der Waals surface area contributed by atoms with Gasteiger partial charge in [0.25, 0.3) is 5.91 Å². The molecule has 0 atom stereocenters. The molecule has 2 rings (SSSR count). The summed E-state index contributed by atoms with van der Waals surface area (Å²) in [6.07, 6.45) is 0. The fourth-order valence-corrected chi connectivity index (χ4v) is 2.10. The molecule has 0 aromatic carbocycles. The van der Waals surface area contributed by atoms with Gasteiger partial charge in [-0.3, -0.25) is 4.79 Å². The Morgan fingerprint density at radius 1 is 1.75 bits per heavy atom. The Morgan fingerprint density at radius 2 is 2.50 bits per heavy atom. The van der Waals surface area contributed by atoms with E-state index in [1.807, 2.05) is 0 Å². The molecule has 6 heteroatoms. The summed E-state index contributed by atoms with van der Waals surface area (Å²) in [6, 6.07) is 0. The van der Waals surface area contributed by atoms with Crippen LogP contribution in [0.2, 0.25) is 0 Å². The average Bonchev–Trinajstić information content (AvgIpc) is 2.71. The lowest BCUT2D eigenvalue weighted by molar-refractivity contribution is -0.0978. The predicted octanol–water partition coefficient (Wildman–Crippen LogP) is 0.368. The van der Waals surface area contributed by atoms with Gasteiger partial charge in [0.05, 0.1) is 13.2 Å². The van der Waals surface area contributed by atoms with E-state index >= 15 is 0 Å². The number of carbonyl (C=O) groups excluding carboxylic acids is 1. The van der Waals surface area contributed by atoms with Crippen molar-refractivity contribution in [2.45, 2.75) is 13.5 Å². The van der Waals surface area contributed by atoms with Crippen molar-refractivity contribution in [3.05, 3.63) is 16.1 Å². The zero-order chi connectivity index (χ0) is 11.6. The van der Waals surface area contributed by atoms with Gasteiger partial charge in [-0.1, -0.05) is 6.92 Å². The van der Waals surface area contributed by atoms with Crippen molar-refractivity contribution in [1.82, 2.24) is 10.3 Å². The normalized spacial score (nSPS) is 17.9. The van der Waals surface area contributed by atoms with Crippen LogP contribution in [-0.4, -0.2) is 30.6 Å². The van der Waals surface area contributed by atoms with Crippen LogP contribution in [0, 0.1) is 5.41 Å². The monoisotopic (exact) mass is 241 g/mol. The molecular formula is C10H15N3O2S. The summed E-state index contributed by atoms with van der Waals surface area (Å²) >= 11 is 1.41. The van der Waals surface area contributed by atoms with Gasteiger partial charge in [-0.2, -0.15) is 0 Å². The largest absolute Gasteiger partial charge is 0.380 e. The molecule has 0 bridgehead atoms. The van der Waals surface area contributed by atoms with Crippen molar-refractivity contribution < 1.29 is 9.53 Å².